The molecular weight excluding hydrogens is 144 g/mol. The predicted octanol–water partition coefficient (Wildman–Crippen LogP) is 4.11. The predicted molar refractivity (Wildman–Crippen MR) is 57.2 cm³/mol. The summed E-state index contributed by atoms with van der Waals surface area (Å²) < 4.78 is 0. The Morgan fingerprint density at radius 2 is 1.83 bits per heavy atom. The normalized spacial score (nSPS) is 13.8. The molecule has 0 aromatic heterocycles. The third kappa shape index (κ3) is 7.33. The Morgan fingerprint density at radius 3 is 2.25 bits per heavy atom. The fourth-order valence-corrected chi connectivity index (χ4v) is 1.19. The maximum Gasteiger partial charge on any atom is -0.0271 e. The van der Waals surface area contributed by atoms with Crippen LogP contribution in [0.25, 0.3) is 0 Å². The van der Waals surface area contributed by atoms with Crippen molar-refractivity contribution < 1.29 is 0 Å². The Hall–Kier alpha value is -0.780. The van der Waals surface area contributed by atoms with Gasteiger partial charge in [-0.1, -0.05) is 57.2 Å². The van der Waals surface area contributed by atoms with Crippen LogP contribution >= 0.6 is 0 Å². The molecule has 0 unspecified atom stereocenters. The van der Waals surface area contributed by atoms with E-state index in [1.54, 1.807) is 6.08 Å². The van der Waals surface area contributed by atoms with Crippen molar-refractivity contribution in [1.82, 2.24) is 0 Å². The Balaban J connectivity index is 4.03. The van der Waals surface area contributed by atoms with Gasteiger partial charge in [0.05, 0.1) is 0 Å². The molecule has 0 aliphatic rings. The molecule has 0 bridgehead atoms. The smallest absolute Gasteiger partial charge is 0.0271 e. The first-order chi connectivity index (χ1) is 5.45. The molecule has 0 fully saturated rings. The first-order valence-corrected chi connectivity index (χ1v) is 4.40. The average Bonchev–Trinajstić information content (AvgIpc) is 1.84. The van der Waals surface area contributed by atoms with Crippen LogP contribution in [0.1, 0.15) is 34.1 Å². The molecule has 0 heterocycles. The lowest BCUT2D eigenvalue weighted by atomic mass is 9.88. The van der Waals surface area contributed by atoms with Gasteiger partial charge in [0, 0.05) is 0 Å². The van der Waals surface area contributed by atoms with Crippen molar-refractivity contribution in [3.05, 3.63) is 36.5 Å². The van der Waals surface area contributed by atoms with E-state index in [1.807, 2.05) is 12.2 Å². The van der Waals surface area contributed by atoms with Crippen molar-refractivity contribution in [2.75, 3.05) is 0 Å². The van der Waals surface area contributed by atoms with E-state index < -0.39 is 0 Å². The van der Waals surface area contributed by atoms with Gasteiger partial charge in [-0.05, 0) is 18.8 Å². The van der Waals surface area contributed by atoms with Gasteiger partial charge in [0.15, 0.2) is 0 Å². The fraction of sp³-hybridized carbons (Fsp3) is 0.500. The maximum atomic E-state index is 3.62. The highest BCUT2D eigenvalue weighted by atomic mass is 14.1. The second-order valence-electron chi connectivity index (χ2n) is 4.37. The van der Waals surface area contributed by atoms with Gasteiger partial charge < -0.3 is 0 Å². The highest BCUT2D eigenvalue weighted by Gasteiger charge is 2.09. The van der Waals surface area contributed by atoms with Crippen molar-refractivity contribution in [1.29, 1.82) is 0 Å². The van der Waals surface area contributed by atoms with Crippen molar-refractivity contribution in [3.8, 4) is 0 Å². The molecule has 0 amide bonds. The molecule has 12 heavy (non-hydrogen) atoms. The zero-order valence-corrected chi connectivity index (χ0v) is 8.72. The monoisotopic (exact) mass is 164 g/mol. The van der Waals surface area contributed by atoms with Gasteiger partial charge in [-0.15, -0.1) is 0 Å². The summed E-state index contributed by atoms with van der Waals surface area (Å²) in [6.45, 7) is 12.5. The number of allylic oxidation sites excluding steroid dienone is 5. The lowest BCUT2D eigenvalue weighted by molar-refractivity contribution is 0.410. The van der Waals surface area contributed by atoms with Gasteiger partial charge in [0.1, 0.15) is 0 Å². The highest BCUT2D eigenvalue weighted by molar-refractivity contribution is 5.14. The molecule has 0 N–H and O–H groups in total. The third-order valence-electron chi connectivity index (χ3n) is 1.44. The molecule has 0 saturated heterocycles. The highest BCUT2D eigenvalue weighted by Crippen LogP contribution is 2.23. The van der Waals surface area contributed by atoms with E-state index >= 15 is 0 Å². The van der Waals surface area contributed by atoms with Crippen LogP contribution in [-0.2, 0) is 0 Å². The second-order valence-corrected chi connectivity index (χ2v) is 4.37. The topological polar surface area (TPSA) is 0 Å². The standard InChI is InChI=1S/C12H20/c1-6-7-8-9-11(2)10-12(3,4)5/h6-9H,1,10H2,2-5H3/b8-7-,11-9+. The van der Waals surface area contributed by atoms with E-state index in [0.29, 0.717) is 5.41 Å². The van der Waals surface area contributed by atoms with Crippen LogP contribution in [0.5, 0.6) is 0 Å². The van der Waals surface area contributed by atoms with Gasteiger partial charge >= 0.3 is 0 Å². The molecule has 0 aromatic carbocycles. The average molecular weight is 164 g/mol. The quantitative estimate of drug-likeness (QED) is 0.551. The molecule has 0 radical (unpaired) electrons. The molecular formula is C12H20. The minimum absolute atomic E-state index is 0.391. The van der Waals surface area contributed by atoms with Crippen LogP contribution in [0.3, 0.4) is 0 Å². The Kier molecular flexibility index (Phi) is 4.65. The first kappa shape index (κ1) is 11.2. The Labute approximate surface area is 76.7 Å². The van der Waals surface area contributed by atoms with E-state index in [-0.39, 0.29) is 0 Å². The molecule has 0 aliphatic heterocycles. The van der Waals surface area contributed by atoms with Crippen LogP contribution in [0.2, 0.25) is 0 Å². The molecule has 0 heteroatoms. The molecule has 0 nitrogen and oxygen atoms in total. The zero-order valence-electron chi connectivity index (χ0n) is 8.72. The molecule has 0 saturated carbocycles. The van der Waals surface area contributed by atoms with Gasteiger partial charge in [0.2, 0.25) is 0 Å². The first-order valence-electron chi connectivity index (χ1n) is 4.40. The maximum absolute atomic E-state index is 3.62. The van der Waals surface area contributed by atoms with Crippen molar-refractivity contribution >= 4 is 0 Å². The number of hydrogen-bond donors (Lipinski definition) is 0. The summed E-state index contributed by atoms with van der Waals surface area (Å²) in [5, 5.41) is 0. The van der Waals surface area contributed by atoms with Gasteiger partial charge in [0.25, 0.3) is 0 Å². The summed E-state index contributed by atoms with van der Waals surface area (Å²) in [5.74, 6) is 0. The molecule has 0 aromatic rings. The van der Waals surface area contributed by atoms with E-state index in [9.17, 15) is 0 Å². The van der Waals surface area contributed by atoms with Gasteiger partial charge in [-0.3, -0.25) is 0 Å². The van der Waals surface area contributed by atoms with Crippen molar-refractivity contribution in [3.63, 3.8) is 0 Å². The number of rotatable bonds is 3. The SMILES string of the molecule is C=C/C=C\C=C(/C)CC(C)(C)C. The summed E-state index contributed by atoms with van der Waals surface area (Å²) >= 11 is 0. The largest absolute Gasteiger partial charge is 0.0991 e. The summed E-state index contributed by atoms with van der Waals surface area (Å²) in [7, 11) is 0. The van der Waals surface area contributed by atoms with Crippen LogP contribution in [0, 0.1) is 5.41 Å². The third-order valence-corrected chi connectivity index (χ3v) is 1.44. The van der Waals surface area contributed by atoms with Crippen LogP contribution in [0.15, 0.2) is 36.5 Å². The molecule has 0 rings (SSSR count). The lowest BCUT2D eigenvalue weighted by Crippen LogP contribution is -2.04. The summed E-state index contributed by atoms with van der Waals surface area (Å²) in [6.07, 6.45) is 9.07. The molecule has 0 aliphatic carbocycles. The molecule has 0 atom stereocenters. The Morgan fingerprint density at radius 1 is 1.25 bits per heavy atom. The fourth-order valence-electron chi connectivity index (χ4n) is 1.19. The van der Waals surface area contributed by atoms with Crippen LogP contribution in [0.4, 0.5) is 0 Å². The van der Waals surface area contributed by atoms with Crippen LogP contribution in [-0.4, -0.2) is 0 Å². The molecule has 0 spiro atoms. The van der Waals surface area contributed by atoms with E-state index in [0.717, 1.165) is 6.42 Å². The van der Waals surface area contributed by atoms with E-state index in [1.165, 1.54) is 5.57 Å². The minimum Gasteiger partial charge on any atom is -0.0991 e. The summed E-state index contributed by atoms with van der Waals surface area (Å²) in [5.41, 5.74) is 1.81. The van der Waals surface area contributed by atoms with Crippen molar-refractivity contribution in [2.45, 2.75) is 34.1 Å². The lowest BCUT2D eigenvalue weighted by Gasteiger charge is -2.17. The summed E-state index contributed by atoms with van der Waals surface area (Å²) in [4.78, 5) is 0. The summed E-state index contributed by atoms with van der Waals surface area (Å²) in [6, 6.07) is 0. The van der Waals surface area contributed by atoms with Gasteiger partial charge in [-0.2, -0.15) is 0 Å². The molecule has 68 valence electrons. The zero-order chi connectivity index (χ0) is 9.61. The van der Waals surface area contributed by atoms with Crippen molar-refractivity contribution in [2.24, 2.45) is 5.41 Å². The van der Waals surface area contributed by atoms with E-state index in [2.05, 4.69) is 40.3 Å². The Bertz CT molecular complexity index is 187. The number of hydrogen-bond acceptors (Lipinski definition) is 0. The minimum atomic E-state index is 0.391. The van der Waals surface area contributed by atoms with E-state index in [4.69, 9.17) is 0 Å². The second kappa shape index (κ2) is 4.97. The van der Waals surface area contributed by atoms with Crippen LogP contribution < -0.4 is 0 Å². The van der Waals surface area contributed by atoms with Gasteiger partial charge in [-0.25, -0.2) is 0 Å².